The molecule has 3 atom stereocenters. The second kappa shape index (κ2) is 6.73. The summed E-state index contributed by atoms with van der Waals surface area (Å²) in [7, 11) is 0. The highest BCUT2D eigenvalue weighted by molar-refractivity contribution is 5.20. The molecule has 1 saturated carbocycles. The number of hydrogen-bond donors (Lipinski definition) is 1. The monoisotopic (exact) mass is 276 g/mol. The lowest BCUT2D eigenvalue weighted by atomic mass is 9.81. The van der Waals surface area contributed by atoms with Crippen molar-refractivity contribution in [2.45, 2.75) is 64.6 Å². The fourth-order valence-corrected chi connectivity index (χ4v) is 2.84. The summed E-state index contributed by atoms with van der Waals surface area (Å²) >= 11 is 0. The first-order valence-electron chi connectivity index (χ1n) is 7.80. The number of benzene rings is 1. The molecule has 112 valence electrons. The van der Waals surface area contributed by atoms with Gasteiger partial charge in [0, 0.05) is 6.61 Å². The lowest BCUT2D eigenvalue weighted by Gasteiger charge is -2.34. The van der Waals surface area contributed by atoms with Crippen LogP contribution in [0.4, 0.5) is 0 Å². The molecule has 2 rings (SSSR count). The molecule has 20 heavy (non-hydrogen) atoms. The van der Waals surface area contributed by atoms with E-state index in [1.54, 1.807) is 0 Å². The fraction of sp³-hybridized carbons (Fsp3) is 0.667. The van der Waals surface area contributed by atoms with E-state index < -0.39 is 0 Å². The van der Waals surface area contributed by atoms with Gasteiger partial charge in [-0.05, 0) is 42.6 Å². The van der Waals surface area contributed by atoms with Crippen LogP contribution in [-0.4, -0.2) is 23.9 Å². The van der Waals surface area contributed by atoms with E-state index in [1.165, 1.54) is 5.56 Å². The number of aliphatic hydroxyl groups excluding tert-OH is 1. The van der Waals surface area contributed by atoms with E-state index in [4.69, 9.17) is 4.74 Å². The summed E-state index contributed by atoms with van der Waals surface area (Å²) in [5, 5.41) is 10.1. The molecule has 1 N–H and O–H groups in total. The van der Waals surface area contributed by atoms with Crippen molar-refractivity contribution >= 4 is 0 Å². The van der Waals surface area contributed by atoms with Crippen LogP contribution in [0, 0.1) is 5.41 Å². The van der Waals surface area contributed by atoms with Crippen LogP contribution in [0.15, 0.2) is 30.3 Å². The molecule has 1 aliphatic carbocycles. The third-order valence-corrected chi connectivity index (χ3v) is 4.21. The molecule has 0 bridgehead atoms. The Balaban J connectivity index is 1.88. The molecule has 0 aliphatic heterocycles. The van der Waals surface area contributed by atoms with Gasteiger partial charge in [0.05, 0.1) is 12.2 Å². The van der Waals surface area contributed by atoms with Crippen molar-refractivity contribution in [2.24, 2.45) is 5.41 Å². The average Bonchev–Trinajstić information content (AvgIpc) is 2.40. The predicted octanol–water partition coefficient (Wildman–Crippen LogP) is 4.14. The Hall–Kier alpha value is -0.860. The summed E-state index contributed by atoms with van der Waals surface area (Å²) in [6, 6.07) is 10.6. The summed E-state index contributed by atoms with van der Waals surface area (Å²) < 4.78 is 5.97. The molecule has 1 aromatic rings. The molecule has 0 aromatic heterocycles. The second-order valence-electron chi connectivity index (χ2n) is 7.21. The first-order valence-corrected chi connectivity index (χ1v) is 7.80. The van der Waals surface area contributed by atoms with Gasteiger partial charge in [-0.1, -0.05) is 51.1 Å². The van der Waals surface area contributed by atoms with Gasteiger partial charge >= 0.3 is 0 Å². The van der Waals surface area contributed by atoms with Crippen molar-refractivity contribution in [1.82, 2.24) is 0 Å². The molecule has 0 amide bonds. The molecule has 1 fully saturated rings. The smallest absolute Gasteiger partial charge is 0.0839 e. The van der Waals surface area contributed by atoms with Gasteiger partial charge in [-0.2, -0.15) is 0 Å². The zero-order valence-corrected chi connectivity index (χ0v) is 13.0. The van der Waals surface area contributed by atoms with E-state index in [0.29, 0.717) is 11.3 Å². The van der Waals surface area contributed by atoms with Crippen LogP contribution in [-0.2, 0) is 4.74 Å². The highest BCUT2D eigenvalue weighted by Gasteiger charge is 2.30. The first kappa shape index (κ1) is 15.5. The summed E-state index contributed by atoms with van der Waals surface area (Å²) in [5.41, 5.74) is 1.67. The van der Waals surface area contributed by atoms with E-state index in [2.05, 4.69) is 51.1 Å². The Morgan fingerprint density at radius 1 is 1.15 bits per heavy atom. The molecular formula is C18H28O2. The summed E-state index contributed by atoms with van der Waals surface area (Å²) in [6.07, 6.45) is 3.58. The zero-order chi connectivity index (χ0) is 14.6. The number of ether oxygens (including phenoxy) is 1. The van der Waals surface area contributed by atoms with Crippen LogP contribution < -0.4 is 0 Å². The number of hydrogen-bond acceptors (Lipinski definition) is 2. The van der Waals surface area contributed by atoms with Crippen molar-refractivity contribution in [1.29, 1.82) is 0 Å². The van der Waals surface area contributed by atoms with Gasteiger partial charge in [-0.3, -0.25) is 0 Å². The quantitative estimate of drug-likeness (QED) is 0.895. The van der Waals surface area contributed by atoms with E-state index in [1.807, 2.05) is 0 Å². The van der Waals surface area contributed by atoms with Crippen molar-refractivity contribution in [2.75, 3.05) is 6.61 Å². The van der Waals surface area contributed by atoms with Gasteiger partial charge in [0.2, 0.25) is 0 Å². The third-order valence-electron chi connectivity index (χ3n) is 4.21. The molecule has 0 saturated heterocycles. The largest absolute Gasteiger partial charge is 0.390 e. The third kappa shape index (κ3) is 4.60. The van der Waals surface area contributed by atoms with E-state index in [-0.39, 0.29) is 12.2 Å². The van der Waals surface area contributed by atoms with Gasteiger partial charge < -0.3 is 9.84 Å². The van der Waals surface area contributed by atoms with Gasteiger partial charge in [-0.15, -0.1) is 0 Å². The van der Waals surface area contributed by atoms with Gasteiger partial charge in [-0.25, -0.2) is 0 Å². The van der Waals surface area contributed by atoms with Crippen LogP contribution in [0.3, 0.4) is 0 Å². The van der Waals surface area contributed by atoms with Crippen molar-refractivity contribution in [3.8, 4) is 0 Å². The topological polar surface area (TPSA) is 29.5 Å². The maximum Gasteiger partial charge on any atom is 0.0839 e. The van der Waals surface area contributed by atoms with E-state index in [0.717, 1.165) is 32.3 Å². The van der Waals surface area contributed by atoms with Crippen molar-refractivity contribution in [3.63, 3.8) is 0 Å². The Morgan fingerprint density at radius 2 is 1.85 bits per heavy atom. The molecule has 2 nitrogen and oxygen atoms in total. The number of aliphatic hydroxyl groups is 1. The van der Waals surface area contributed by atoms with Gasteiger partial charge in [0.1, 0.15) is 0 Å². The van der Waals surface area contributed by atoms with Crippen molar-refractivity contribution < 1.29 is 9.84 Å². The molecule has 3 unspecified atom stereocenters. The Labute approximate surface area is 123 Å². The lowest BCUT2D eigenvalue weighted by Crippen LogP contribution is -2.36. The molecule has 1 aromatic carbocycles. The number of rotatable bonds is 4. The molecular weight excluding hydrogens is 248 g/mol. The highest BCUT2D eigenvalue weighted by atomic mass is 16.5. The molecule has 0 spiro atoms. The second-order valence-corrected chi connectivity index (χ2v) is 7.21. The molecule has 1 aliphatic rings. The van der Waals surface area contributed by atoms with E-state index in [9.17, 15) is 5.11 Å². The molecule has 0 heterocycles. The summed E-state index contributed by atoms with van der Waals surface area (Å²) in [6.45, 7) is 7.41. The van der Waals surface area contributed by atoms with Crippen LogP contribution in [0.25, 0.3) is 0 Å². The van der Waals surface area contributed by atoms with Crippen LogP contribution in [0.1, 0.15) is 57.9 Å². The molecule has 2 heteroatoms. The lowest BCUT2D eigenvalue weighted by molar-refractivity contribution is -0.0686. The first-order chi connectivity index (χ1) is 9.46. The minimum absolute atomic E-state index is 0.00342. The van der Waals surface area contributed by atoms with Gasteiger partial charge in [0.15, 0.2) is 0 Å². The fourth-order valence-electron chi connectivity index (χ4n) is 2.84. The van der Waals surface area contributed by atoms with Crippen LogP contribution in [0.5, 0.6) is 0 Å². The normalized spacial score (nSPS) is 27.5. The standard InChI is InChI=1S/C18H28O2/c1-18(2,3)11-12-20-17-13-15(9-10-16(17)19)14-7-5-4-6-8-14/h4-8,15-17,19H,9-13H2,1-3H3. The molecule has 0 radical (unpaired) electrons. The van der Waals surface area contributed by atoms with Crippen LogP contribution in [0.2, 0.25) is 0 Å². The maximum atomic E-state index is 10.1. The average molecular weight is 276 g/mol. The summed E-state index contributed by atoms with van der Waals surface area (Å²) in [4.78, 5) is 0. The minimum atomic E-state index is -0.296. The maximum absolute atomic E-state index is 10.1. The Bertz CT molecular complexity index is 394. The predicted molar refractivity (Wildman–Crippen MR) is 82.9 cm³/mol. The van der Waals surface area contributed by atoms with Crippen molar-refractivity contribution in [3.05, 3.63) is 35.9 Å². The zero-order valence-electron chi connectivity index (χ0n) is 13.0. The summed E-state index contributed by atoms with van der Waals surface area (Å²) in [5.74, 6) is 0.527. The van der Waals surface area contributed by atoms with Crippen LogP contribution >= 0.6 is 0 Å². The van der Waals surface area contributed by atoms with E-state index >= 15 is 0 Å². The Morgan fingerprint density at radius 3 is 2.50 bits per heavy atom. The highest BCUT2D eigenvalue weighted by Crippen LogP contribution is 2.34. The minimum Gasteiger partial charge on any atom is -0.390 e. The Kier molecular flexibility index (Phi) is 5.22. The van der Waals surface area contributed by atoms with Gasteiger partial charge in [0.25, 0.3) is 0 Å². The SMILES string of the molecule is CC(C)(C)CCOC1CC(c2ccccc2)CCC1O.